The molecule has 0 saturated heterocycles. The zero-order chi connectivity index (χ0) is 12.7. The fourth-order valence-electron chi connectivity index (χ4n) is 1.28. The number of pyridine rings is 1. The number of carbonyl (C=O) groups excluding carboxylic acids is 1. The van der Waals surface area contributed by atoms with E-state index in [-0.39, 0.29) is 11.8 Å². The highest BCUT2D eigenvalue weighted by molar-refractivity contribution is 5.77. The Hall–Kier alpha value is -1.78. The third-order valence-electron chi connectivity index (χ3n) is 2.31. The van der Waals surface area contributed by atoms with E-state index in [1.807, 2.05) is 13.8 Å². The topological polar surface area (TPSA) is 80.0 Å². The second-order valence-electron chi connectivity index (χ2n) is 4.17. The lowest BCUT2D eigenvalue weighted by atomic mass is 10.2. The Balaban J connectivity index is 2.17. The van der Waals surface area contributed by atoms with E-state index in [0.29, 0.717) is 18.1 Å². The highest BCUT2D eigenvalue weighted by Gasteiger charge is 2.04. The second kappa shape index (κ2) is 6.73. The number of nitrogens with zero attached hydrogens (tertiary/aromatic N) is 1. The van der Waals surface area contributed by atoms with Crippen molar-refractivity contribution < 1.29 is 4.79 Å². The van der Waals surface area contributed by atoms with E-state index in [9.17, 15) is 4.79 Å². The first-order chi connectivity index (χ1) is 8.11. The predicted molar refractivity (Wildman–Crippen MR) is 69.6 cm³/mol. The summed E-state index contributed by atoms with van der Waals surface area (Å²) in [7, 11) is 0. The summed E-state index contributed by atoms with van der Waals surface area (Å²) in [5, 5.41) is 5.98. The Bertz CT molecular complexity index is 365. The minimum atomic E-state index is 0.0365. The van der Waals surface area contributed by atoms with Gasteiger partial charge in [0.2, 0.25) is 5.91 Å². The van der Waals surface area contributed by atoms with Crippen molar-refractivity contribution in [3.63, 3.8) is 0 Å². The van der Waals surface area contributed by atoms with Crippen LogP contribution >= 0.6 is 0 Å². The molecule has 0 atom stereocenters. The summed E-state index contributed by atoms with van der Waals surface area (Å²) in [5.41, 5.74) is 6.37. The number of nitrogens with two attached hydrogens (primary N) is 1. The minimum Gasteiger partial charge on any atom is -0.396 e. The first-order valence-corrected chi connectivity index (χ1v) is 5.83. The van der Waals surface area contributed by atoms with Gasteiger partial charge in [-0.25, -0.2) is 4.98 Å². The molecule has 0 aliphatic rings. The molecule has 5 nitrogen and oxygen atoms in total. The number of amides is 1. The maximum absolute atomic E-state index is 11.3. The van der Waals surface area contributed by atoms with Crippen molar-refractivity contribution in [1.29, 1.82) is 0 Å². The van der Waals surface area contributed by atoms with Gasteiger partial charge in [0.05, 0.1) is 5.69 Å². The highest BCUT2D eigenvalue weighted by Crippen LogP contribution is 2.12. The first kappa shape index (κ1) is 13.3. The summed E-state index contributed by atoms with van der Waals surface area (Å²) >= 11 is 0. The fraction of sp³-hybridized carbons (Fsp3) is 0.500. The third-order valence-corrected chi connectivity index (χ3v) is 2.31. The van der Waals surface area contributed by atoms with Crippen molar-refractivity contribution in [2.24, 2.45) is 5.92 Å². The van der Waals surface area contributed by atoms with Crippen molar-refractivity contribution in [3.05, 3.63) is 18.3 Å². The lowest BCUT2D eigenvalue weighted by molar-refractivity contribution is -0.123. The number of carbonyl (C=O) groups is 1. The van der Waals surface area contributed by atoms with Gasteiger partial charge >= 0.3 is 0 Å². The molecule has 4 N–H and O–H groups in total. The molecule has 0 bridgehead atoms. The van der Waals surface area contributed by atoms with E-state index in [2.05, 4.69) is 15.6 Å². The van der Waals surface area contributed by atoms with E-state index in [1.54, 1.807) is 18.3 Å². The maximum Gasteiger partial charge on any atom is 0.222 e. The van der Waals surface area contributed by atoms with Crippen LogP contribution in [-0.4, -0.2) is 24.0 Å². The molecule has 1 amide bonds. The molecule has 1 rings (SSSR count). The summed E-state index contributed by atoms with van der Waals surface area (Å²) in [5.74, 6) is 0.819. The van der Waals surface area contributed by atoms with E-state index in [4.69, 9.17) is 5.73 Å². The average Bonchev–Trinajstić information content (AvgIpc) is 2.30. The van der Waals surface area contributed by atoms with Crippen LogP contribution in [0.1, 0.15) is 20.3 Å². The van der Waals surface area contributed by atoms with Gasteiger partial charge in [-0.15, -0.1) is 0 Å². The Labute approximate surface area is 102 Å². The number of nitrogens with one attached hydrogen (secondary N) is 2. The highest BCUT2D eigenvalue weighted by atomic mass is 16.1. The first-order valence-electron chi connectivity index (χ1n) is 5.83. The summed E-state index contributed by atoms with van der Waals surface area (Å²) in [6, 6.07) is 3.60. The Morgan fingerprint density at radius 1 is 1.47 bits per heavy atom. The molecule has 0 radical (unpaired) electrons. The van der Waals surface area contributed by atoms with Crippen LogP contribution in [0.5, 0.6) is 0 Å². The Kier molecular flexibility index (Phi) is 5.26. The van der Waals surface area contributed by atoms with Crippen LogP contribution in [0.25, 0.3) is 0 Å². The molecule has 0 aliphatic heterocycles. The van der Waals surface area contributed by atoms with Crippen LogP contribution in [0, 0.1) is 5.92 Å². The Morgan fingerprint density at radius 3 is 2.88 bits per heavy atom. The molecule has 0 aromatic carbocycles. The molecule has 94 valence electrons. The molecule has 0 fully saturated rings. The van der Waals surface area contributed by atoms with E-state index in [1.165, 1.54) is 0 Å². The van der Waals surface area contributed by atoms with Gasteiger partial charge in [0.25, 0.3) is 0 Å². The molecule has 1 aromatic heterocycles. The van der Waals surface area contributed by atoms with Crippen molar-refractivity contribution >= 4 is 17.4 Å². The molecule has 0 saturated carbocycles. The maximum atomic E-state index is 11.3. The molecule has 0 spiro atoms. The van der Waals surface area contributed by atoms with Crippen LogP contribution in [0.2, 0.25) is 0 Å². The normalized spacial score (nSPS) is 10.3. The van der Waals surface area contributed by atoms with Gasteiger partial charge in [0.1, 0.15) is 5.82 Å². The van der Waals surface area contributed by atoms with Crippen LogP contribution < -0.4 is 16.4 Å². The van der Waals surface area contributed by atoms with Crippen LogP contribution in [-0.2, 0) is 4.79 Å². The van der Waals surface area contributed by atoms with Gasteiger partial charge in [-0.05, 0) is 18.6 Å². The van der Waals surface area contributed by atoms with Gasteiger partial charge in [-0.2, -0.15) is 0 Å². The van der Waals surface area contributed by atoms with Gasteiger partial charge in [0.15, 0.2) is 0 Å². The molecule has 1 aromatic rings. The van der Waals surface area contributed by atoms with E-state index >= 15 is 0 Å². The van der Waals surface area contributed by atoms with Crippen molar-refractivity contribution in [3.8, 4) is 0 Å². The number of nitrogen functional groups attached to an aromatic ring is 1. The Morgan fingerprint density at radius 2 is 2.24 bits per heavy atom. The molecule has 5 heteroatoms. The summed E-state index contributed by atoms with van der Waals surface area (Å²) in [6.07, 6.45) is 2.54. The summed E-state index contributed by atoms with van der Waals surface area (Å²) < 4.78 is 0. The monoisotopic (exact) mass is 236 g/mol. The van der Waals surface area contributed by atoms with Gasteiger partial charge in [-0.1, -0.05) is 13.8 Å². The molecular formula is C12H20N4O. The summed E-state index contributed by atoms with van der Waals surface area (Å²) in [4.78, 5) is 15.4. The largest absolute Gasteiger partial charge is 0.396 e. The average molecular weight is 236 g/mol. The predicted octanol–water partition coefficient (Wildman–Crippen LogP) is 1.24. The number of hydrogen-bond donors (Lipinski definition) is 3. The quantitative estimate of drug-likeness (QED) is 0.649. The van der Waals surface area contributed by atoms with Crippen LogP contribution in [0.15, 0.2) is 18.3 Å². The molecule has 17 heavy (non-hydrogen) atoms. The van der Waals surface area contributed by atoms with Gasteiger partial charge in [-0.3, -0.25) is 4.79 Å². The number of hydrogen-bond acceptors (Lipinski definition) is 4. The number of anilines is 2. The van der Waals surface area contributed by atoms with Crippen molar-refractivity contribution in [1.82, 2.24) is 10.3 Å². The SMILES string of the molecule is CC(C)C(=O)NCCCNc1ncccc1N. The summed E-state index contributed by atoms with van der Waals surface area (Å²) in [6.45, 7) is 5.15. The minimum absolute atomic E-state index is 0.0365. The molecule has 0 unspecified atom stereocenters. The van der Waals surface area contributed by atoms with E-state index in [0.717, 1.165) is 13.0 Å². The second-order valence-corrected chi connectivity index (χ2v) is 4.17. The zero-order valence-corrected chi connectivity index (χ0v) is 10.4. The molecule has 1 heterocycles. The lowest BCUT2D eigenvalue weighted by Crippen LogP contribution is -2.29. The smallest absolute Gasteiger partial charge is 0.222 e. The van der Waals surface area contributed by atoms with Crippen LogP contribution in [0.4, 0.5) is 11.5 Å². The molecule has 0 aliphatic carbocycles. The van der Waals surface area contributed by atoms with E-state index < -0.39 is 0 Å². The standard InChI is InChI=1S/C12H20N4O/c1-9(2)12(17)16-8-4-7-15-11-10(13)5-3-6-14-11/h3,5-6,9H,4,7-8,13H2,1-2H3,(H,14,15)(H,16,17). The fourth-order valence-corrected chi connectivity index (χ4v) is 1.28. The van der Waals surface area contributed by atoms with Gasteiger partial charge < -0.3 is 16.4 Å². The van der Waals surface area contributed by atoms with Gasteiger partial charge in [0, 0.05) is 25.2 Å². The zero-order valence-electron chi connectivity index (χ0n) is 10.4. The van der Waals surface area contributed by atoms with Crippen molar-refractivity contribution in [2.75, 3.05) is 24.1 Å². The number of aromatic nitrogens is 1. The number of rotatable bonds is 6. The molecular weight excluding hydrogens is 216 g/mol. The van der Waals surface area contributed by atoms with Crippen molar-refractivity contribution in [2.45, 2.75) is 20.3 Å². The lowest BCUT2D eigenvalue weighted by Gasteiger charge is -2.09. The van der Waals surface area contributed by atoms with Crippen LogP contribution in [0.3, 0.4) is 0 Å². The third kappa shape index (κ3) is 4.72.